The van der Waals surface area contributed by atoms with E-state index in [0.717, 1.165) is 99.9 Å². The van der Waals surface area contributed by atoms with Gasteiger partial charge in [0.05, 0.1) is 5.69 Å². The third-order valence-corrected chi connectivity index (χ3v) is 11.1. The number of hydrogen-bond donors (Lipinski definition) is 0. The lowest BCUT2D eigenvalue weighted by molar-refractivity contribution is 0.669. The first kappa shape index (κ1) is 32.8. The Labute approximate surface area is 330 Å². The summed E-state index contributed by atoms with van der Waals surface area (Å²) >= 11 is 0. The van der Waals surface area contributed by atoms with Crippen molar-refractivity contribution in [1.29, 1.82) is 0 Å². The lowest BCUT2D eigenvalue weighted by Gasteiger charge is -2.30. The van der Waals surface area contributed by atoms with Gasteiger partial charge in [0.15, 0.2) is 0 Å². The fourth-order valence-corrected chi connectivity index (χ4v) is 8.51. The van der Waals surface area contributed by atoms with Crippen molar-refractivity contribution in [2.45, 2.75) is 0 Å². The van der Waals surface area contributed by atoms with E-state index in [-0.39, 0.29) is 0 Å². The molecule has 0 saturated carbocycles. The molecule has 11 aromatic rings. The molecule has 0 unspecified atom stereocenters. The molecular formula is C54H35NO2. The van der Waals surface area contributed by atoms with E-state index in [1.807, 2.05) is 24.3 Å². The van der Waals surface area contributed by atoms with Crippen LogP contribution in [0.3, 0.4) is 0 Å². The SMILES string of the molecule is c1ccc(-c2ccccc2-c2c(-c3ccccc3)cccc2N(c2cccc(-c3cccc4c3oc3ccccc34)c2)c2ccc3c(c2)oc2ccccc23)cc1. The summed E-state index contributed by atoms with van der Waals surface area (Å²) in [5.74, 6) is 0. The van der Waals surface area contributed by atoms with E-state index in [2.05, 4.69) is 193 Å². The van der Waals surface area contributed by atoms with Gasteiger partial charge < -0.3 is 13.7 Å². The average Bonchev–Trinajstić information content (AvgIpc) is 3.85. The van der Waals surface area contributed by atoms with Gasteiger partial charge in [-0.1, -0.05) is 164 Å². The van der Waals surface area contributed by atoms with E-state index in [1.54, 1.807) is 0 Å². The minimum absolute atomic E-state index is 0.840. The molecule has 0 aliphatic rings. The van der Waals surface area contributed by atoms with Crippen molar-refractivity contribution in [3.05, 3.63) is 212 Å². The standard InChI is InChI=1S/C54H35NO2/c1-3-16-36(17-4-1)41-22-7-8-25-47(41)53-42(37-18-5-2-6-19-37)26-15-29-49(53)55(40-32-33-46-44-23-9-11-30-50(44)56-52(46)35-40)39-21-13-20-38(34-39)43-27-14-28-48-45-24-10-12-31-51(45)57-54(43)48/h1-35H. The van der Waals surface area contributed by atoms with E-state index >= 15 is 0 Å². The highest BCUT2D eigenvalue weighted by atomic mass is 16.3. The Kier molecular flexibility index (Phi) is 7.82. The van der Waals surface area contributed by atoms with Gasteiger partial charge in [-0.25, -0.2) is 0 Å². The smallest absolute Gasteiger partial charge is 0.143 e. The Balaban J connectivity index is 1.20. The van der Waals surface area contributed by atoms with Crippen LogP contribution in [0, 0.1) is 0 Å². The molecule has 0 atom stereocenters. The zero-order chi connectivity index (χ0) is 37.7. The van der Waals surface area contributed by atoms with Gasteiger partial charge in [-0.3, -0.25) is 0 Å². The maximum Gasteiger partial charge on any atom is 0.143 e. The lowest BCUT2D eigenvalue weighted by atomic mass is 9.87. The Morgan fingerprint density at radius 1 is 0.298 bits per heavy atom. The first-order valence-electron chi connectivity index (χ1n) is 19.3. The third kappa shape index (κ3) is 5.60. The van der Waals surface area contributed by atoms with Gasteiger partial charge in [-0.2, -0.15) is 0 Å². The molecule has 268 valence electrons. The zero-order valence-electron chi connectivity index (χ0n) is 31.0. The quantitative estimate of drug-likeness (QED) is 0.164. The molecule has 0 fully saturated rings. The Bertz CT molecular complexity index is 3250. The number of furan rings is 2. The van der Waals surface area contributed by atoms with Gasteiger partial charge in [0.1, 0.15) is 22.3 Å². The fraction of sp³-hybridized carbons (Fsp3) is 0. The van der Waals surface area contributed by atoms with E-state index in [4.69, 9.17) is 8.83 Å². The number of anilines is 3. The number of fused-ring (bicyclic) bond motifs is 6. The van der Waals surface area contributed by atoms with Crippen LogP contribution in [0.15, 0.2) is 221 Å². The van der Waals surface area contributed by atoms with Gasteiger partial charge in [0, 0.05) is 50.1 Å². The third-order valence-electron chi connectivity index (χ3n) is 11.1. The average molecular weight is 730 g/mol. The van der Waals surface area contributed by atoms with Crippen molar-refractivity contribution in [1.82, 2.24) is 0 Å². The molecule has 0 bridgehead atoms. The number of rotatable bonds is 7. The van der Waals surface area contributed by atoms with Gasteiger partial charge in [-0.05, 0) is 75.8 Å². The molecule has 57 heavy (non-hydrogen) atoms. The van der Waals surface area contributed by atoms with Crippen LogP contribution in [0.1, 0.15) is 0 Å². The largest absolute Gasteiger partial charge is 0.456 e. The van der Waals surface area contributed by atoms with Gasteiger partial charge >= 0.3 is 0 Å². The molecule has 0 aliphatic carbocycles. The van der Waals surface area contributed by atoms with Crippen LogP contribution in [-0.2, 0) is 0 Å². The summed E-state index contributed by atoms with van der Waals surface area (Å²) in [5.41, 5.74) is 15.6. The van der Waals surface area contributed by atoms with E-state index in [0.29, 0.717) is 0 Å². The number of hydrogen-bond acceptors (Lipinski definition) is 3. The minimum atomic E-state index is 0.840. The maximum absolute atomic E-state index is 6.56. The minimum Gasteiger partial charge on any atom is -0.456 e. The van der Waals surface area contributed by atoms with Crippen LogP contribution in [0.5, 0.6) is 0 Å². The predicted molar refractivity (Wildman–Crippen MR) is 237 cm³/mol. The number of nitrogens with zero attached hydrogens (tertiary/aromatic N) is 1. The van der Waals surface area contributed by atoms with Crippen LogP contribution >= 0.6 is 0 Å². The molecule has 2 aromatic heterocycles. The fourth-order valence-electron chi connectivity index (χ4n) is 8.51. The van der Waals surface area contributed by atoms with Crippen molar-refractivity contribution in [2.75, 3.05) is 4.90 Å². The molecule has 3 nitrogen and oxygen atoms in total. The van der Waals surface area contributed by atoms with Crippen LogP contribution in [0.25, 0.3) is 88.4 Å². The Morgan fingerprint density at radius 2 is 0.825 bits per heavy atom. The van der Waals surface area contributed by atoms with Crippen LogP contribution in [-0.4, -0.2) is 0 Å². The zero-order valence-corrected chi connectivity index (χ0v) is 31.0. The monoisotopic (exact) mass is 729 g/mol. The first-order chi connectivity index (χ1) is 28.3. The second-order valence-corrected chi connectivity index (χ2v) is 14.4. The molecule has 11 rings (SSSR count). The summed E-state index contributed by atoms with van der Waals surface area (Å²) in [6, 6.07) is 75.2. The Hall–Kier alpha value is -7.62. The van der Waals surface area contributed by atoms with Crippen molar-refractivity contribution in [3.8, 4) is 44.5 Å². The van der Waals surface area contributed by atoms with Crippen LogP contribution in [0.2, 0.25) is 0 Å². The van der Waals surface area contributed by atoms with Crippen molar-refractivity contribution in [3.63, 3.8) is 0 Å². The Morgan fingerprint density at radius 3 is 1.61 bits per heavy atom. The van der Waals surface area contributed by atoms with Gasteiger partial charge in [0.2, 0.25) is 0 Å². The number of benzene rings is 9. The van der Waals surface area contributed by atoms with E-state index < -0.39 is 0 Å². The maximum atomic E-state index is 6.56. The molecule has 0 N–H and O–H groups in total. The van der Waals surface area contributed by atoms with E-state index in [9.17, 15) is 0 Å². The van der Waals surface area contributed by atoms with Crippen molar-refractivity contribution in [2.24, 2.45) is 0 Å². The molecule has 0 amide bonds. The summed E-state index contributed by atoms with van der Waals surface area (Å²) in [6.07, 6.45) is 0. The highest BCUT2D eigenvalue weighted by molar-refractivity contribution is 6.10. The summed E-state index contributed by atoms with van der Waals surface area (Å²) in [6.45, 7) is 0. The normalized spacial score (nSPS) is 11.5. The highest BCUT2D eigenvalue weighted by Gasteiger charge is 2.24. The molecule has 2 heterocycles. The van der Waals surface area contributed by atoms with Gasteiger partial charge in [-0.15, -0.1) is 0 Å². The molecule has 0 spiro atoms. The molecular weight excluding hydrogens is 695 g/mol. The van der Waals surface area contributed by atoms with Crippen molar-refractivity contribution < 1.29 is 8.83 Å². The van der Waals surface area contributed by atoms with Gasteiger partial charge in [0.25, 0.3) is 0 Å². The topological polar surface area (TPSA) is 29.5 Å². The summed E-state index contributed by atoms with van der Waals surface area (Å²) in [5, 5.41) is 4.42. The molecule has 0 radical (unpaired) electrons. The molecule has 9 aromatic carbocycles. The van der Waals surface area contributed by atoms with Crippen LogP contribution in [0.4, 0.5) is 17.1 Å². The summed E-state index contributed by atoms with van der Waals surface area (Å²) < 4.78 is 13.1. The molecule has 0 saturated heterocycles. The predicted octanol–water partition coefficient (Wildman–Crippen LogP) is 15.6. The second kappa shape index (κ2) is 13.6. The lowest BCUT2D eigenvalue weighted by Crippen LogP contribution is -2.12. The number of para-hydroxylation sites is 3. The van der Waals surface area contributed by atoms with E-state index in [1.165, 1.54) is 5.56 Å². The summed E-state index contributed by atoms with van der Waals surface area (Å²) in [7, 11) is 0. The molecule has 0 aliphatic heterocycles. The highest BCUT2D eigenvalue weighted by Crippen LogP contribution is 2.49. The second-order valence-electron chi connectivity index (χ2n) is 14.4. The van der Waals surface area contributed by atoms with Crippen LogP contribution < -0.4 is 4.90 Å². The van der Waals surface area contributed by atoms with Crippen molar-refractivity contribution >= 4 is 60.9 Å². The summed E-state index contributed by atoms with van der Waals surface area (Å²) in [4.78, 5) is 2.39. The first-order valence-corrected chi connectivity index (χ1v) is 19.3. The molecule has 3 heteroatoms.